The van der Waals surface area contributed by atoms with E-state index in [0.29, 0.717) is 18.0 Å². The Morgan fingerprint density at radius 3 is 2.73 bits per heavy atom. The average molecular weight is 206 g/mol. The first-order valence-corrected chi connectivity index (χ1v) is 5.49. The summed E-state index contributed by atoms with van der Waals surface area (Å²) in [6.07, 6.45) is 3.71. The highest BCUT2D eigenvalue weighted by Gasteiger charge is 2.25. The van der Waals surface area contributed by atoms with Crippen LogP contribution in [0.25, 0.3) is 0 Å². The summed E-state index contributed by atoms with van der Waals surface area (Å²) < 4.78 is 0. The van der Waals surface area contributed by atoms with Gasteiger partial charge in [0.2, 0.25) is 0 Å². The highest BCUT2D eigenvalue weighted by molar-refractivity contribution is 5.37. The molecule has 2 rings (SSSR count). The van der Waals surface area contributed by atoms with Crippen LogP contribution >= 0.6 is 0 Å². The predicted molar refractivity (Wildman–Crippen MR) is 60.7 cm³/mol. The average Bonchev–Trinajstić information content (AvgIpc) is 2.16. The van der Waals surface area contributed by atoms with Crippen LogP contribution in [0.1, 0.15) is 38.3 Å². The van der Waals surface area contributed by atoms with E-state index in [2.05, 4.69) is 29.1 Å². The molecule has 4 nitrogen and oxygen atoms in total. The molecule has 1 heterocycles. The lowest BCUT2D eigenvalue weighted by molar-refractivity contribution is 0.373. The second kappa shape index (κ2) is 4.14. The van der Waals surface area contributed by atoms with Crippen molar-refractivity contribution in [3.63, 3.8) is 0 Å². The maximum Gasteiger partial charge on any atom is 0.129 e. The van der Waals surface area contributed by atoms with E-state index in [1.54, 1.807) is 6.33 Å². The Kier molecular flexibility index (Phi) is 2.86. The van der Waals surface area contributed by atoms with Crippen LogP contribution in [0.15, 0.2) is 12.4 Å². The Balaban J connectivity index is 1.99. The quantitative estimate of drug-likeness (QED) is 0.786. The van der Waals surface area contributed by atoms with Crippen molar-refractivity contribution in [1.82, 2.24) is 9.97 Å². The number of hydrogen-bond donors (Lipinski definition) is 2. The molecule has 0 aliphatic heterocycles. The first-order chi connectivity index (χ1) is 7.15. The van der Waals surface area contributed by atoms with Crippen LogP contribution in [0.5, 0.6) is 0 Å². The van der Waals surface area contributed by atoms with Crippen LogP contribution in [0.2, 0.25) is 0 Å². The zero-order valence-corrected chi connectivity index (χ0v) is 9.27. The molecule has 1 fully saturated rings. The number of anilines is 1. The largest absolute Gasteiger partial charge is 0.367 e. The highest BCUT2D eigenvalue weighted by Crippen LogP contribution is 2.22. The summed E-state index contributed by atoms with van der Waals surface area (Å²) in [6.45, 7) is 4.26. The molecule has 0 spiro atoms. The van der Waals surface area contributed by atoms with Crippen LogP contribution in [0, 0.1) is 0 Å². The SMILES string of the molecule is CC(C)c1cc(NC2CC(N)C2)ncn1. The van der Waals surface area contributed by atoms with Crippen molar-refractivity contribution in [1.29, 1.82) is 0 Å². The zero-order chi connectivity index (χ0) is 10.8. The third-order valence-corrected chi connectivity index (χ3v) is 2.81. The summed E-state index contributed by atoms with van der Waals surface area (Å²) >= 11 is 0. The molecular weight excluding hydrogens is 188 g/mol. The molecule has 82 valence electrons. The van der Waals surface area contributed by atoms with Crippen molar-refractivity contribution in [3.8, 4) is 0 Å². The van der Waals surface area contributed by atoms with Crippen molar-refractivity contribution in [2.24, 2.45) is 5.73 Å². The van der Waals surface area contributed by atoms with E-state index < -0.39 is 0 Å². The first-order valence-electron chi connectivity index (χ1n) is 5.49. The van der Waals surface area contributed by atoms with E-state index in [0.717, 1.165) is 24.4 Å². The molecular formula is C11H18N4. The van der Waals surface area contributed by atoms with Crippen LogP contribution in [-0.4, -0.2) is 22.1 Å². The van der Waals surface area contributed by atoms with E-state index in [1.165, 1.54) is 0 Å². The van der Waals surface area contributed by atoms with Gasteiger partial charge in [-0.25, -0.2) is 9.97 Å². The smallest absolute Gasteiger partial charge is 0.129 e. The third-order valence-electron chi connectivity index (χ3n) is 2.81. The minimum Gasteiger partial charge on any atom is -0.367 e. The number of nitrogens with one attached hydrogen (secondary N) is 1. The number of nitrogens with two attached hydrogens (primary N) is 1. The molecule has 15 heavy (non-hydrogen) atoms. The maximum absolute atomic E-state index is 5.73. The van der Waals surface area contributed by atoms with Gasteiger partial charge in [-0.15, -0.1) is 0 Å². The Morgan fingerprint density at radius 1 is 1.40 bits per heavy atom. The van der Waals surface area contributed by atoms with Gasteiger partial charge in [0.05, 0.1) is 0 Å². The van der Waals surface area contributed by atoms with E-state index in [9.17, 15) is 0 Å². The number of rotatable bonds is 3. The Hall–Kier alpha value is -1.16. The minimum atomic E-state index is 0.369. The molecule has 1 aliphatic carbocycles. The number of aromatic nitrogens is 2. The summed E-state index contributed by atoms with van der Waals surface area (Å²) in [6, 6.07) is 2.89. The third kappa shape index (κ3) is 2.45. The lowest BCUT2D eigenvalue weighted by Gasteiger charge is -2.33. The molecule has 1 aromatic rings. The molecule has 1 aliphatic rings. The summed E-state index contributed by atoms with van der Waals surface area (Å²) in [5.74, 6) is 1.36. The standard InChI is InChI=1S/C11H18N4/c1-7(2)10-5-11(14-6-13-10)15-9-3-8(12)4-9/h5-9H,3-4,12H2,1-2H3,(H,13,14,15). The molecule has 0 radical (unpaired) electrons. The monoisotopic (exact) mass is 206 g/mol. The zero-order valence-electron chi connectivity index (χ0n) is 9.27. The molecule has 4 heteroatoms. The van der Waals surface area contributed by atoms with Gasteiger partial charge in [-0.3, -0.25) is 0 Å². The van der Waals surface area contributed by atoms with Crippen molar-refractivity contribution < 1.29 is 0 Å². The lowest BCUT2D eigenvalue weighted by atomic mass is 9.88. The molecule has 3 N–H and O–H groups in total. The second-order valence-corrected chi connectivity index (χ2v) is 4.56. The molecule has 0 saturated heterocycles. The molecule has 0 unspecified atom stereocenters. The van der Waals surface area contributed by atoms with E-state index in [-0.39, 0.29) is 0 Å². The fourth-order valence-electron chi connectivity index (χ4n) is 1.76. The van der Waals surface area contributed by atoms with Gasteiger partial charge in [-0.1, -0.05) is 13.8 Å². The van der Waals surface area contributed by atoms with Gasteiger partial charge in [-0.05, 0) is 18.8 Å². The Morgan fingerprint density at radius 2 is 2.13 bits per heavy atom. The van der Waals surface area contributed by atoms with Crippen molar-refractivity contribution in [2.45, 2.75) is 44.7 Å². The van der Waals surface area contributed by atoms with Crippen molar-refractivity contribution >= 4 is 5.82 Å². The number of hydrogen-bond acceptors (Lipinski definition) is 4. The van der Waals surface area contributed by atoms with Gasteiger partial charge < -0.3 is 11.1 Å². The molecule has 1 saturated carbocycles. The van der Waals surface area contributed by atoms with Gasteiger partial charge in [-0.2, -0.15) is 0 Å². The van der Waals surface area contributed by atoms with Gasteiger partial charge in [0.15, 0.2) is 0 Å². The second-order valence-electron chi connectivity index (χ2n) is 4.56. The van der Waals surface area contributed by atoms with Crippen LogP contribution in [0.3, 0.4) is 0 Å². The maximum atomic E-state index is 5.73. The van der Waals surface area contributed by atoms with E-state index in [1.807, 2.05) is 6.07 Å². The molecule has 1 aromatic heterocycles. The van der Waals surface area contributed by atoms with Gasteiger partial charge in [0.25, 0.3) is 0 Å². The molecule has 0 amide bonds. The summed E-state index contributed by atoms with van der Waals surface area (Å²) in [4.78, 5) is 8.43. The van der Waals surface area contributed by atoms with Crippen LogP contribution in [-0.2, 0) is 0 Å². The Bertz CT molecular complexity index is 331. The predicted octanol–water partition coefficient (Wildman–Crippen LogP) is 1.50. The summed E-state index contributed by atoms with van der Waals surface area (Å²) in [5.41, 5.74) is 6.81. The fourth-order valence-corrected chi connectivity index (χ4v) is 1.76. The molecule has 0 aromatic carbocycles. The van der Waals surface area contributed by atoms with Gasteiger partial charge >= 0.3 is 0 Å². The Labute approximate surface area is 90.3 Å². The van der Waals surface area contributed by atoms with Crippen molar-refractivity contribution in [2.75, 3.05) is 5.32 Å². The van der Waals surface area contributed by atoms with Gasteiger partial charge in [0, 0.05) is 23.8 Å². The normalized spacial score (nSPS) is 25.1. The lowest BCUT2D eigenvalue weighted by Crippen LogP contribution is -2.44. The fraction of sp³-hybridized carbons (Fsp3) is 0.636. The van der Waals surface area contributed by atoms with Crippen molar-refractivity contribution in [3.05, 3.63) is 18.1 Å². The van der Waals surface area contributed by atoms with Crippen LogP contribution < -0.4 is 11.1 Å². The first kappa shape index (κ1) is 10.4. The van der Waals surface area contributed by atoms with E-state index >= 15 is 0 Å². The topological polar surface area (TPSA) is 63.8 Å². The van der Waals surface area contributed by atoms with Gasteiger partial charge in [0.1, 0.15) is 12.1 Å². The minimum absolute atomic E-state index is 0.369. The molecule has 0 atom stereocenters. The van der Waals surface area contributed by atoms with Crippen LogP contribution in [0.4, 0.5) is 5.82 Å². The highest BCUT2D eigenvalue weighted by atomic mass is 15.1. The molecule has 0 bridgehead atoms. The van der Waals surface area contributed by atoms with E-state index in [4.69, 9.17) is 5.73 Å². The summed E-state index contributed by atoms with van der Waals surface area (Å²) in [7, 11) is 0. The summed E-state index contributed by atoms with van der Waals surface area (Å²) in [5, 5.41) is 3.37. The number of nitrogens with zero attached hydrogens (tertiary/aromatic N) is 2.